The summed E-state index contributed by atoms with van der Waals surface area (Å²) >= 11 is 0. The largest absolute Gasteiger partial charge is 0.368 e. The second-order valence-electron chi connectivity index (χ2n) is 6.68. The fraction of sp³-hybridized carbons (Fsp3) is 0.190. The van der Waals surface area contributed by atoms with E-state index in [4.69, 9.17) is 5.73 Å². The number of nitrogens with zero attached hydrogens (tertiary/aromatic N) is 1. The third-order valence-electron chi connectivity index (χ3n) is 4.68. The lowest BCUT2D eigenvalue weighted by molar-refractivity contribution is -0.120. The van der Waals surface area contributed by atoms with Gasteiger partial charge >= 0.3 is 0 Å². The van der Waals surface area contributed by atoms with Gasteiger partial charge in [-0.2, -0.15) is 0 Å². The van der Waals surface area contributed by atoms with Gasteiger partial charge in [0.15, 0.2) is 0 Å². The molecule has 0 saturated carbocycles. The second-order valence-corrected chi connectivity index (χ2v) is 6.68. The Morgan fingerprint density at radius 1 is 1.18 bits per heavy atom. The van der Waals surface area contributed by atoms with Gasteiger partial charge in [-0.05, 0) is 49.2 Å². The van der Waals surface area contributed by atoms with Crippen LogP contribution in [-0.2, 0) is 16.0 Å². The number of hydrogen-bond acceptors (Lipinski definition) is 3. The SMILES string of the molecule is Cc1ccc(CC(=O)Nc2cccc3c(=O)n([C@H](C)C(N)=O)ccc23)cc1F. The number of benzene rings is 2. The van der Waals surface area contributed by atoms with Crippen LogP contribution in [0.4, 0.5) is 10.1 Å². The van der Waals surface area contributed by atoms with Crippen LogP contribution in [0.2, 0.25) is 0 Å². The van der Waals surface area contributed by atoms with E-state index in [0.29, 0.717) is 27.6 Å². The van der Waals surface area contributed by atoms with E-state index in [9.17, 15) is 18.8 Å². The minimum atomic E-state index is -0.786. The van der Waals surface area contributed by atoms with Crippen molar-refractivity contribution in [1.29, 1.82) is 0 Å². The fourth-order valence-electron chi connectivity index (χ4n) is 2.97. The Labute approximate surface area is 160 Å². The van der Waals surface area contributed by atoms with Crippen LogP contribution in [-0.4, -0.2) is 16.4 Å². The number of rotatable bonds is 5. The van der Waals surface area contributed by atoms with Crippen molar-refractivity contribution in [2.24, 2.45) is 5.73 Å². The molecule has 3 rings (SSSR count). The lowest BCUT2D eigenvalue weighted by Crippen LogP contribution is -2.31. The maximum atomic E-state index is 13.7. The Balaban J connectivity index is 1.90. The molecular weight excluding hydrogens is 361 g/mol. The van der Waals surface area contributed by atoms with E-state index >= 15 is 0 Å². The van der Waals surface area contributed by atoms with Gasteiger partial charge in [0.2, 0.25) is 11.8 Å². The molecule has 0 aliphatic heterocycles. The predicted octanol–water partition coefficient (Wildman–Crippen LogP) is 2.68. The average Bonchev–Trinajstić information content (AvgIpc) is 2.65. The van der Waals surface area contributed by atoms with E-state index in [0.717, 1.165) is 0 Å². The van der Waals surface area contributed by atoms with Crippen molar-refractivity contribution in [2.45, 2.75) is 26.3 Å². The molecule has 144 valence electrons. The molecule has 1 heterocycles. The number of carbonyl (C=O) groups is 2. The number of halogens is 1. The molecule has 3 aromatic rings. The molecule has 0 saturated heterocycles. The summed E-state index contributed by atoms with van der Waals surface area (Å²) in [5.74, 6) is -1.30. The molecular formula is C21H20FN3O3. The van der Waals surface area contributed by atoms with Crippen LogP contribution < -0.4 is 16.6 Å². The molecule has 0 bridgehead atoms. The van der Waals surface area contributed by atoms with E-state index in [1.807, 2.05) is 0 Å². The molecule has 3 N–H and O–H groups in total. The van der Waals surface area contributed by atoms with E-state index in [-0.39, 0.29) is 23.7 Å². The molecule has 0 fully saturated rings. The van der Waals surface area contributed by atoms with Crippen LogP contribution >= 0.6 is 0 Å². The molecule has 0 spiro atoms. The summed E-state index contributed by atoms with van der Waals surface area (Å²) in [6.07, 6.45) is 1.48. The lowest BCUT2D eigenvalue weighted by atomic mass is 10.1. The number of carbonyl (C=O) groups excluding carboxylic acids is 2. The van der Waals surface area contributed by atoms with Gasteiger partial charge in [-0.25, -0.2) is 4.39 Å². The van der Waals surface area contributed by atoms with Gasteiger partial charge in [-0.1, -0.05) is 18.2 Å². The van der Waals surface area contributed by atoms with Crippen LogP contribution in [0.3, 0.4) is 0 Å². The summed E-state index contributed by atoms with van der Waals surface area (Å²) in [5, 5.41) is 3.67. The van der Waals surface area contributed by atoms with Gasteiger partial charge in [0.25, 0.3) is 5.56 Å². The molecule has 2 aromatic carbocycles. The van der Waals surface area contributed by atoms with Crippen molar-refractivity contribution >= 4 is 28.3 Å². The number of pyridine rings is 1. The van der Waals surface area contributed by atoms with Crippen LogP contribution in [0, 0.1) is 12.7 Å². The van der Waals surface area contributed by atoms with Crippen molar-refractivity contribution in [3.05, 3.63) is 76.0 Å². The summed E-state index contributed by atoms with van der Waals surface area (Å²) in [6.45, 7) is 3.20. The van der Waals surface area contributed by atoms with E-state index in [1.54, 1.807) is 50.2 Å². The average molecular weight is 381 g/mol. The van der Waals surface area contributed by atoms with Crippen LogP contribution in [0.25, 0.3) is 10.8 Å². The number of nitrogens with one attached hydrogen (secondary N) is 1. The van der Waals surface area contributed by atoms with Gasteiger partial charge in [-0.15, -0.1) is 0 Å². The normalized spacial score (nSPS) is 12.0. The van der Waals surface area contributed by atoms with Gasteiger partial charge in [0.05, 0.1) is 6.42 Å². The van der Waals surface area contributed by atoms with Crippen molar-refractivity contribution in [1.82, 2.24) is 4.57 Å². The van der Waals surface area contributed by atoms with Gasteiger partial charge in [-0.3, -0.25) is 14.4 Å². The number of fused-ring (bicyclic) bond motifs is 1. The zero-order chi connectivity index (χ0) is 20.4. The summed E-state index contributed by atoms with van der Waals surface area (Å²) in [5.41, 5.74) is 6.44. The predicted molar refractivity (Wildman–Crippen MR) is 106 cm³/mol. The molecule has 0 aliphatic carbocycles. The van der Waals surface area contributed by atoms with Gasteiger partial charge in [0.1, 0.15) is 11.9 Å². The number of hydrogen-bond donors (Lipinski definition) is 2. The molecule has 6 nitrogen and oxygen atoms in total. The molecule has 0 radical (unpaired) electrons. The maximum absolute atomic E-state index is 13.7. The maximum Gasteiger partial charge on any atom is 0.259 e. The smallest absolute Gasteiger partial charge is 0.259 e. The molecule has 0 unspecified atom stereocenters. The van der Waals surface area contributed by atoms with E-state index in [2.05, 4.69) is 5.32 Å². The minimum absolute atomic E-state index is 0.00334. The monoisotopic (exact) mass is 381 g/mol. The van der Waals surface area contributed by atoms with Crippen molar-refractivity contribution in [2.75, 3.05) is 5.32 Å². The Morgan fingerprint density at radius 2 is 1.93 bits per heavy atom. The van der Waals surface area contributed by atoms with Crippen molar-refractivity contribution in [3.8, 4) is 0 Å². The van der Waals surface area contributed by atoms with E-state index < -0.39 is 11.9 Å². The molecule has 2 amide bonds. The zero-order valence-electron chi connectivity index (χ0n) is 15.5. The summed E-state index contributed by atoms with van der Waals surface area (Å²) in [4.78, 5) is 36.5. The Morgan fingerprint density at radius 3 is 2.61 bits per heavy atom. The number of anilines is 1. The number of primary amides is 1. The van der Waals surface area contributed by atoms with Crippen LogP contribution in [0.5, 0.6) is 0 Å². The zero-order valence-corrected chi connectivity index (χ0v) is 15.5. The fourth-order valence-corrected chi connectivity index (χ4v) is 2.97. The number of aromatic nitrogens is 1. The highest BCUT2D eigenvalue weighted by Gasteiger charge is 2.15. The van der Waals surface area contributed by atoms with Gasteiger partial charge in [0, 0.05) is 22.7 Å². The third kappa shape index (κ3) is 3.78. The summed E-state index contributed by atoms with van der Waals surface area (Å²) in [6, 6.07) is 10.5. The standard InChI is InChI=1S/C21H20FN3O3/c1-12-6-7-14(10-17(12)22)11-19(26)24-18-5-3-4-16-15(18)8-9-25(21(16)28)13(2)20(23)27/h3-10,13H,11H2,1-2H3,(H2,23,27)(H,24,26)/t13-/m1/s1. The quantitative estimate of drug-likeness (QED) is 0.711. The molecule has 1 atom stereocenters. The lowest BCUT2D eigenvalue weighted by Gasteiger charge is -2.14. The Hall–Kier alpha value is -3.48. The number of aryl methyl sites for hydroxylation is 1. The van der Waals surface area contributed by atoms with Crippen LogP contribution in [0.1, 0.15) is 24.1 Å². The first kappa shape index (κ1) is 19.3. The highest BCUT2D eigenvalue weighted by atomic mass is 19.1. The van der Waals surface area contributed by atoms with E-state index in [1.165, 1.54) is 16.8 Å². The van der Waals surface area contributed by atoms with Crippen molar-refractivity contribution in [3.63, 3.8) is 0 Å². The first-order chi connectivity index (χ1) is 13.3. The summed E-state index contributed by atoms with van der Waals surface area (Å²) in [7, 11) is 0. The molecule has 0 aliphatic rings. The Kier molecular flexibility index (Phi) is 5.26. The number of nitrogens with two attached hydrogens (primary N) is 1. The highest BCUT2D eigenvalue weighted by Crippen LogP contribution is 2.22. The molecule has 1 aromatic heterocycles. The van der Waals surface area contributed by atoms with Gasteiger partial charge < -0.3 is 15.6 Å². The highest BCUT2D eigenvalue weighted by molar-refractivity contribution is 6.02. The minimum Gasteiger partial charge on any atom is -0.368 e. The topological polar surface area (TPSA) is 94.2 Å². The second kappa shape index (κ2) is 7.64. The van der Waals surface area contributed by atoms with Crippen molar-refractivity contribution < 1.29 is 14.0 Å². The number of amides is 2. The third-order valence-corrected chi connectivity index (χ3v) is 4.68. The first-order valence-corrected chi connectivity index (χ1v) is 8.76. The first-order valence-electron chi connectivity index (χ1n) is 8.76. The Bertz CT molecular complexity index is 1140. The molecule has 28 heavy (non-hydrogen) atoms. The van der Waals surface area contributed by atoms with Crippen LogP contribution in [0.15, 0.2) is 53.5 Å². The molecule has 7 heteroatoms. The summed E-state index contributed by atoms with van der Waals surface area (Å²) < 4.78 is 14.9.